The molecule has 3 nitrogen and oxygen atoms in total. The number of carbonyl (C=O) groups is 3. The van der Waals surface area contributed by atoms with Gasteiger partial charge < -0.3 is 4.79 Å². The van der Waals surface area contributed by atoms with Crippen LogP contribution >= 0.6 is 11.6 Å². The smallest absolute Gasteiger partial charge is 0.213 e. The van der Waals surface area contributed by atoms with Crippen LogP contribution < -0.4 is 0 Å². The summed E-state index contributed by atoms with van der Waals surface area (Å²) in [6.45, 7) is 0. The first-order valence-electron chi connectivity index (χ1n) is 2.78. The largest absolute Gasteiger partial charge is 0.303 e. The van der Waals surface area contributed by atoms with Crippen LogP contribution in [-0.4, -0.2) is 23.7 Å². The first-order chi connectivity index (χ1) is 4.72. The summed E-state index contributed by atoms with van der Waals surface area (Å²) in [5, 5.41) is 0. The normalized spacial score (nSPS) is 8.90. The molecule has 0 unspecified atom stereocenters. The Balaban J connectivity index is 3.62. The summed E-state index contributed by atoms with van der Waals surface area (Å²) in [6.07, 6.45) is 0.677. The molecule has 0 aromatic carbocycles. The lowest BCUT2D eigenvalue weighted by molar-refractivity contribution is -0.135. The quantitative estimate of drug-likeness (QED) is 0.333. The van der Waals surface area contributed by atoms with Crippen molar-refractivity contribution in [2.24, 2.45) is 0 Å². The van der Waals surface area contributed by atoms with E-state index >= 15 is 0 Å². The summed E-state index contributed by atoms with van der Waals surface area (Å²) >= 11 is 5.07. The molecule has 0 atom stereocenters. The maximum atomic E-state index is 10.5. The Labute approximate surface area is 63.4 Å². The molecule has 0 rings (SSSR count). The highest BCUT2D eigenvalue weighted by molar-refractivity contribution is 6.47. The van der Waals surface area contributed by atoms with Crippen molar-refractivity contribution in [3.8, 4) is 0 Å². The maximum absolute atomic E-state index is 10.5. The molecule has 0 aliphatic heterocycles. The summed E-state index contributed by atoms with van der Waals surface area (Å²) in [7, 11) is 0. The molecule has 0 aromatic heterocycles. The van der Waals surface area contributed by atoms with Crippen LogP contribution in [0.2, 0.25) is 0 Å². The zero-order chi connectivity index (χ0) is 7.98. The number of Topliss-reactive ketones (excluding diaryl/α,β-unsaturated/α-hetero) is 2. The lowest BCUT2D eigenvalue weighted by Gasteiger charge is -1.89. The number of alkyl halides is 1. The van der Waals surface area contributed by atoms with Crippen LogP contribution in [0, 0.1) is 0 Å². The van der Waals surface area contributed by atoms with Crippen LogP contribution in [0.5, 0.6) is 0 Å². The van der Waals surface area contributed by atoms with E-state index in [1.807, 2.05) is 0 Å². The summed E-state index contributed by atoms with van der Waals surface area (Å²) < 4.78 is 0. The molecule has 0 saturated carbocycles. The van der Waals surface area contributed by atoms with E-state index in [2.05, 4.69) is 0 Å². The van der Waals surface area contributed by atoms with Gasteiger partial charge in [0, 0.05) is 12.8 Å². The van der Waals surface area contributed by atoms with Crippen LogP contribution in [0.3, 0.4) is 0 Å². The molecule has 0 aromatic rings. The molecule has 4 heteroatoms. The fourth-order valence-corrected chi connectivity index (χ4v) is 0.553. The van der Waals surface area contributed by atoms with Gasteiger partial charge in [0.05, 0.1) is 5.88 Å². The predicted molar refractivity (Wildman–Crippen MR) is 36.0 cm³/mol. The first kappa shape index (κ1) is 9.30. The van der Waals surface area contributed by atoms with E-state index in [9.17, 15) is 14.4 Å². The number of ketones is 2. The second kappa shape index (κ2) is 5.11. The Morgan fingerprint density at radius 1 is 1.30 bits per heavy atom. The van der Waals surface area contributed by atoms with Crippen molar-refractivity contribution in [2.45, 2.75) is 12.8 Å². The van der Waals surface area contributed by atoms with Crippen molar-refractivity contribution in [3.05, 3.63) is 0 Å². The SMILES string of the molecule is O=CCCC(=O)C(=O)CCl. The Hall–Kier alpha value is -0.700. The molecule has 0 radical (unpaired) electrons. The topological polar surface area (TPSA) is 51.2 Å². The third-order valence-corrected chi connectivity index (χ3v) is 1.16. The minimum atomic E-state index is -0.622. The molecule has 0 N–H and O–H groups in total. The molecular formula is C6H7ClO3. The van der Waals surface area contributed by atoms with E-state index in [0.717, 1.165) is 0 Å². The number of carbonyl (C=O) groups excluding carboxylic acids is 3. The average Bonchev–Trinajstić information content (AvgIpc) is 1.98. The Morgan fingerprint density at radius 3 is 2.30 bits per heavy atom. The summed E-state index contributed by atoms with van der Waals surface area (Å²) in [5.74, 6) is -1.48. The van der Waals surface area contributed by atoms with E-state index in [-0.39, 0.29) is 18.7 Å². The summed E-state index contributed by atoms with van der Waals surface area (Å²) in [5.41, 5.74) is 0. The molecule has 0 aliphatic rings. The van der Waals surface area contributed by atoms with Gasteiger partial charge in [0.2, 0.25) is 5.78 Å². The van der Waals surface area contributed by atoms with Crippen molar-refractivity contribution in [3.63, 3.8) is 0 Å². The molecule has 10 heavy (non-hydrogen) atoms. The zero-order valence-electron chi connectivity index (χ0n) is 5.30. The van der Waals surface area contributed by atoms with E-state index in [0.29, 0.717) is 6.29 Å². The average molecular weight is 163 g/mol. The van der Waals surface area contributed by atoms with Gasteiger partial charge in [0.1, 0.15) is 6.29 Å². The van der Waals surface area contributed by atoms with Gasteiger partial charge >= 0.3 is 0 Å². The molecule has 0 saturated heterocycles. The first-order valence-corrected chi connectivity index (χ1v) is 3.31. The minimum absolute atomic E-state index is 0.0188. The maximum Gasteiger partial charge on any atom is 0.213 e. The monoisotopic (exact) mass is 162 g/mol. The van der Waals surface area contributed by atoms with E-state index in [1.165, 1.54) is 0 Å². The number of halogens is 1. The Kier molecular flexibility index (Phi) is 4.76. The Bertz CT molecular complexity index is 153. The lowest BCUT2D eigenvalue weighted by Crippen LogP contribution is -2.14. The molecule has 0 fully saturated rings. The van der Waals surface area contributed by atoms with Crippen LogP contribution in [-0.2, 0) is 14.4 Å². The number of aldehydes is 1. The predicted octanol–water partition coefficient (Wildman–Crippen LogP) is 0.343. The van der Waals surface area contributed by atoms with Gasteiger partial charge in [0.15, 0.2) is 5.78 Å². The second-order valence-electron chi connectivity index (χ2n) is 1.69. The van der Waals surface area contributed by atoms with Gasteiger partial charge in [-0.15, -0.1) is 11.6 Å². The van der Waals surface area contributed by atoms with Crippen molar-refractivity contribution < 1.29 is 14.4 Å². The van der Waals surface area contributed by atoms with E-state index in [1.54, 1.807) is 0 Å². The van der Waals surface area contributed by atoms with Crippen LogP contribution in [0.15, 0.2) is 0 Å². The highest BCUT2D eigenvalue weighted by atomic mass is 35.5. The molecule has 0 aliphatic carbocycles. The highest BCUT2D eigenvalue weighted by Crippen LogP contribution is 1.90. The summed E-state index contributed by atoms with van der Waals surface area (Å²) in [4.78, 5) is 30.7. The van der Waals surface area contributed by atoms with Gasteiger partial charge in [-0.1, -0.05) is 0 Å². The zero-order valence-corrected chi connectivity index (χ0v) is 6.06. The highest BCUT2D eigenvalue weighted by Gasteiger charge is 2.10. The molecular weight excluding hydrogens is 156 g/mol. The van der Waals surface area contributed by atoms with Crippen molar-refractivity contribution in [1.29, 1.82) is 0 Å². The van der Waals surface area contributed by atoms with Gasteiger partial charge in [-0.3, -0.25) is 9.59 Å². The standard InChI is InChI=1S/C6H7ClO3/c7-4-6(10)5(9)2-1-3-8/h3H,1-2,4H2. The number of hydrogen-bond donors (Lipinski definition) is 0. The third kappa shape index (κ3) is 3.35. The molecule has 0 amide bonds. The molecule has 0 spiro atoms. The fourth-order valence-electron chi connectivity index (χ4n) is 0.404. The van der Waals surface area contributed by atoms with Crippen LogP contribution in [0.4, 0.5) is 0 Å². The molecule has 56 valence electrons. The Morgan fingerprint density at radius 2 is 1.90 bits per heavy atom. The van der Waals surface area contributed by atoms with Gasteiger partial charge in [-0.2, -0.15) is 0 Å². The van der Waals surface area contributed by atoms with E-state index < -0.39 is 11.6 Å². The molecule has 0 heterocycles. The minimum Gasteiger partial charge on any atom is -0.303 e. The fraction of sp³-hybridized carbons (Fsp3) is 0.500. The number of hydrogen-bond acceptors (Lipinski definition) is 3. The number of rotatable bonds is 5. The lowest BCUT2D eigenvalue weighted by atomic mass is 10.2. The van der Waals surface area contributed by atoms with Crippen molar-refractivity contribution >= 4 is 29.5 Å². The van der Waals surface area contributed by atoms with Gasteiger partial charge in [-0.25, -0.2) is 0 Å². The summed E-state index contributed by atoms with van der Waals surface area (Å²) in [6, 6.07) is 0. The van der Waals surface area contributed by atoms with E-state index in [4.69, 9.17) is 11.6 Å². The molecule has 0 bridgehead atoms. The second-order valence-corrected chi connectivity index (χ2v) is 1.95. The van der Waals surface area contributed by atoms with Crippen LogP contribution in [0.1, 0.15) is 12.8 Å². The van der Waals surface area contributed by atoms with Gasteiger partial charge in [0.25, 0.3) is 0 Å². The third-order valence-electron chi connectivity index (χ3n) is 0.922. The van der Waals surface area contributed by atoms with Crippen LogP contribution in [0.25, 0.3) is 0 Å². The van der Waals surface area contributed by atoms with Crippen molar-refractivity contribution in [2.75, 3.05) is 5.88 Å². The van der Waals surface area contributed by atoms with Crippen molar-refractivity contribution in [1.82, 2.24) is 0 Å². The van der Waals surface area contributed by atoms with Gasteiger partial charge in [-0.05, 0) is 0 Å².